The van der Waals surface area contributed by atoms with Gasteiger partial charge < -0.3 is 15.4 Å². The molecule has 1 aliphatic carbocycles. The summed E-state index contributed by atoms with van der Waals surface area (Å²) >= 11 is 0. The maximum absolute atomic E-state index is 13.7. The predicted molar refractivity (Wildman–Crippen MR) is 139 cm³/mol. The minimum atomic E-state index is -0.318. The Bertz CT molecular complexity index is 1370. The average molecular weight is 499 g/mol. The monoisotopic (exact) mass is 498 g/mol. The molecule has 190 valence electrons. The molecule has 0 unspecified atom stereocenters. The highest BCUT2D eigenvalue weighted by atomic mass is 16.5. The van der Waals surface area contributed by atoms with Gasteiger partial charge in [-0.25, -0.2) is 4.68 Å². The quantitative estimate of drug-likeness (QED) is 0.485. The molecule has 0 spiro atoms. The molecular formula is C28H30N6O3. The van der Waals surface area contributed by atoms with Crippen molar-refractivity contribution in [3.05, 3.63) is 71.0 Å². The van der Waals surface area contributed by atoms with Crippen LogP contribution in [0.5, 0.6) is 5.75 Å². The van der Waals surface area contributed by atoms with Crippen LogP contribution in [0.1, 0.15) is 46.6 Å². The number of carbonyl (C=O) groups excluding carboxylic acids is 2. The number of carbonyl (C=O) groups is 2. The molecule has 5 rings (SSSR count). The zero-order chi connectivity index (χ0) is 26.2. The standard InChI is InChI=1S/C28H30N6O3/c1-32(18-25(30)35)16-14-28(12-13-28)19-3-5-20(6-4-19)33-15-11-23-24(17-29)31-34(26(23)27(33)36)21-7-9-22(37-2)10-8-21/h3-10H,11-16,18H2,1-2H3,(H2,30,35). The summed E-state index contributed by atoms with van der Waals surface area (Å²) in [5.41, 5.74) is 9.60. The lowest BCUT2D eigenvalue weighted by molar-refractivity contribution is -0.118. The summed E-state index contributed by atoms with van der Waals surface area (Å²) in [4.78, 5) is 28.6. The molecule has 2 heterocycles. The molecular weight excluding hydrogens is 468 g/mol. The van der Waals surface area contributed by atoms with Crippen molar-refractivity contribution in [1.82, 2.24) is 14.7 Å². The first-order valence-electron chi connectivity index (χ1n) is 12.4. The molecule has 3 aromatic rings. The van der Waals surface area contributed by atoms with Crippen LogP contribution in [0.2, 0.25) is 0 Å². The molecule has 9 nitrogen and oxygen atoms in total. The summed E-state index contributed by atoms with van der Waals surface area (Å²) in [6.07, 6.45) is 3.74. The summed E-state index contributed by atoms with van der Waals surface area (Å²) in [6, 6.07) is 17.6. The number of hydrogen-bond acceptors (Lipinski definition) is 6. The van der Waals surface area contributed by atoms with Crippen molar-refractivity contribution < 1.29 is 14.3 Å². The first kappa shape index (κ1) is 24.5. The van der Waals surface area contributed by atoms with Crippen LogP contribution in [0, 0.1) is 11.3 Å². The zero-order valence-electron chi connectivity index (χ0n) is 21.1. The number of likely N-dealkylation sites (N-methyl/N-ethyl adjacent to an activating group) is 1. The number of ether oxygens (including phenoxy) is 1. The Morgan fingerprint density at radius 1 is 1.16 bits per heavy atom. The Morgan fingerprint density at radius 2 is 1.84 bits per heavy atom. The predicted octanol–water partition coefficient (Wildman–Crippen LogP) is 2.79. The van der Waals surface area contributed by atoms with Gasteiger partial charge in [-0.1, -0.05) is 12.1 Å². The zero-order valence-corrected chi connectivity index (χ0v) is 21.1. The van der Waals surface area contributed by atoms with Gasteiger partial charge in [0.25, 0.3) is 5.91 Å². The second-order valence-corrected chi connectivity index (χ2v) is 9.89. The number of primary amides is 1. The van der Waals surface area contributed by atoms with Crippen molar-refractivity contribution >= 4 is 17.5 Å². The molecule has 2 aliphatic rings. The molecule has 2 amide bonds. The largest absolute Gasteiger partial charge is 0.497 e. The lowest BCUT2D eigenvalue weighted by Crippen LogP contribution is -2.38. The lowest BCUT2D eigenvalue weighted by atomic mass is 9.91. The second-order valence-electron chi connectivity index (χ2n) is 9.89. The van der Waals surface area contributed by atoms with Crippen LogP contribution in [0.25, 0.3) is 5.69 Å². The van der Waals surface area contributed by atoms with E-state index >= 15 is 0 Å². The minimum Gasteiger partial charge on any atom is -0.497 e. The van der Waals surface area contributed by atoms with Crippen LogP contribution in [-0.4, -0.2) is 60.3 Å². The highest BCUT2D eigenvalue weighted by Crippen LogP contribution is 2.51. The van der Waals surface area contributed by atoms with Gasteiger partial charge >= 0.3 is 0 Å². The van der Waals surface area contributed by atoms with E-state index in [1.165, 1.54) is 5.56 Å². The van der Waals surface area contributed by atoms with E-state index in [0.717, 1.165) is 31.5 Å². The number of nitriles is 1. The molecule has 9 heteroatoms. The van der Waals surface area contributed by atoms with E-state index in [9.17, 15) is 14.9 Å². The topological polar surface area (TPSA) is 117 Å². The Kier molecular flexibility index (Phi) is 6.44. The molecule has 0 bridgehead atoms. The minimum absolute atomic E-state index is 0.123. The molecule has 1 aromatic heterocycles. The highest BCUT2D eigenvalue weighted by Gasteiger charge is 2.44. The Morgan fingerprint density at radius 3 is 2.43 bits per heavy atom. The van der Waals surface area contributed by atoms with Crippen LogP contribution in [0.3, 0.4) is 0 Å². The fourth-order valence-electron chi connectivity index (χ4n) is 5.19. The maximum Gasteiger partial charge on any atom is 0.277 e. The SMILES string of the molecule is COc1ccc(-n2nc(C#N)c3c2C(=O)N(c2ccc(C4(CCN(C)CC(N)=O)CC4)cc2)CC3)cc1. The fraction of sp³-hybridized carbons (Fsp3) is 0.357. The van der Waals surface area contributed by atoms with Crippen LogP contribution >= 0.6 is 0 Å². The van der Waals surface area contributed by atoms with Crippen molar-refractivity contribution in [3.63, 3.8) is 0 Å². The smallest absolute Gasteiger partial charge is 0.277 e. The number of hydrogen-bond donors (Lipinski definition) is 1. The van der Waals surface area contributed by atoms with Crippen LogP contribution < -0.4 is 15.4 Å². The number of nitrogens with zero attached hydrogens (tertiary/aromatic N) is 5. The van der Waals surface area contributed by atoms with E-state index in [2.05, 4.69) is 23.3 Å². The number of fused-ring (bicyclic) bond motifs is 1. The summed E-state index contributed by atoms with van der Waals surface area (Å²) in [5, 5.41) is 14.1. The van der Waals surface area contributed by atoms with Crippen molar-refractivity contribution in [2.75, 3.05) is 38.7 Å². The normalized spacial score (nSPS) is 15.8. The Balaban J connectivity index is 1.37. The van der Waals surface area contributed by atoms with Crippen LogP contribution in [0.15, 0.2) is 48.5 Å². The number of amides is 2. The summed E-state index contributed by atoms with van der Waals surface area (Å²) in [7, 11) is 3.51. The van der Waals surface area contributed by atoms with Gasteiger partial charge in [0.2, 0.25) is 5.91 Å². The van der Waals surface area contributed by atoms with Gasteiger partial charge in [0.1, 0.15) is 17.5 Å². The van der Waals surface area contributed by atoms with Gasteiger partial charge in [-0.3, -0.25) is 14.5 Å². The van der Waals surface area contributed by atoms with Crippen molar-refractivity contribution in [2.24, 2.45) is 5.73 Å². The molecule has 1 fully saturated rings. The molecule has 2 aromatic carbocycles. The number of benzene rings is 2. The lowest BCUT2D eigenvalue weighted by Gasteiger charge is -2.28. The Labute approximate surface area is 216 Å². The van der Waals surface area contributed by atoms with E-state index in [-0.39, 0.29) is 29.5 Å². The molecule has 0 saturated heterocycles. The summed E-state index contributed by atoms with van der Waals surface area (Å²) in [6.45, 7) is 1.54. The third kappa shape index (κ3) is 4.68. The van der Waals surface area contributed by atoms with Gasteiger partial charge in [0, 0.05) is 17.8 Å². The van der Waals surface area contributed by atoms with Gasteiger partial charge in [0.15, 0.2) is 5.69 Å². The number of methoxy groups -OCH3 is 1. The first-order valence-corrected chi connectivity index (χ1v) is 12.4. The van der Waals surface area contributed by atoms with Crippen molar-refractivity contribution in [1.29, 1.82) is 5.26 Å². The average Bonchev–Trinajstić information content (AvgIpc) is 3.60. The fourth-order valence-corrected chi connectivity index (χ4v) is 5.19. The van der Waals surface area contributed by atoms with Gasteiger partial charge in [0.05, 0.1) is 19.3 Å². The molecule has 0 atom stereocenters. The number of aromatic nitrogens is 2. The molecule has 1 aliphatic heterocycles. The number of rotatable bonds is 9. The van der Waals surface area contributed by atoms with Crippen LogP contribution in [-0.2, 0) is 16.6 Å². The van der Waals surface area contributed by atoms with Crippen molar-refractivity contribution in [2.45, 2.75) is 31.1 Å². The van der Waals surface area contributed by atoms with E-state index in [1.54, 1.807) is 28.8 Å². The molecule has 37 heavy (non-hydrogen) atoms. The van der Waals surface area contributed by atoms with Gasteiger partial charge in [-0.2, -0.15) is 10.4 Å². The third-order valence-corrected chi connectivity index (χ3v) is 7.48. The third-order valence-electron chi connectivity index (χ3n) is 7.48. The van der Waals surface area contributed by atoms with Crippen molar-refractivity contribution in [3.8, 4) is 17.5 Å². The number of nitrogens with two attached hydrogens (primary N) is 1. The molecule has 2 N–H and O–H groups in total. The molecule has 0 radical (unpaired) electrons. The number of anilines is 1. The van der Waals surface area contributed by atoms with E-state index in [1.807, 2.05) is 36.2 Å². The van der Waals surface area contributed by atoms with E-state index in [0.29, 0.717) is 35.7 Å². The van der Waals surface area contributed by atoms with E-state index < -0.39 is 0 Å². The van der Waals surface area contributed by atoms with Gasteiger partial charge in [-0.15, -0.1) is 0 Å². The van der Waals surface area contributed by atoms with Crippen LogP contribution in [0.4, 0.5) is 5.69 Å². The summed E-state index contributed by atoms with van der Waals surface area (Å²) in [5.74, 6) is 0.209. The maximum atomic E-state index is 13.7. The first-order chi connectivity index (χ1) is 17.8. The molecule has 1 saturated carbocycles. The van der Waals surface area contributed by atoms with E-state index in [4.69, 9.17) is 10.5 Å². The second kappa shape index (κ2) is 9.71. The Hall–Kier alpha value is -4.16. The highest BCUT2D eigenvalue weighted by molar-refractivity contribution is 6.07. The van der Waals surface area contributed by atoms with Gasteiger partial charge in [-0.05, 0) is 86.7 Å². The summed E-state index contributed by atoms with van der Waals surface area (Å²) < 4.78 is 6.81.